The fourth-order valence-electron chi connectivity index (χ4n) is 1.19. The molecule has 0 saturated carbocycles. The Kier molecular flexibility index (Phi) is 6.72. The third-order valence-electron chi connectivity index (χ3n) is 1.76. The average Bonchev–Trinajstić information content (AvgIpc) is 2.73. The van der Waals surface area contributed by atoms with Crippen molar-refractivity contribution in [2.75, 3.05) is 6.54 Å². The van der Waals surface area contributed by atoms with E-state index in [-0.39, 0.29) is 6.17 Å². The van der Waals surface area contributed by atoms with Gasteiger partial charge in [-0.1, -0.05) is 27.7 Å². The molecule has 1 atom stereocenters. The van der Waals surface area contributed by atoms with Crippen LogP contribution in [0.15, 0.2) is 21.7 Å². The normalized spacial score (nSPS) is 21.4. The topological polar surface area (TPSA) is 28.0 Å². The van der Waals surface area contributed by atoms with Gasteiger partial charge in [-0.2, -0.15) is 5.10 Å². The summed E-state index contributed by atoms with van der Waals surface area (Å²) in [5.41, 5.74) is 1.27. The van der Waals surface area contributed by atoms with Crippen molar-refractivity contribution < 1.29 is 0 Å². The number of fused-ring (bicyclic) bond motifs is 1. The van der Waals surface area contributed by atoms with Gasteiger partial charge in [0.05, 0.1) is 6.54 Å². The van der Waals surface area contributed by atoms with Crippen LogP contribution in [0.5, 0.6) is 0 Å². The van der Waals surface area contributed by atoms with Gasteiger partial charge in [0.2, 0.25) is 0 Å². The van der Waals surface area contributed by atoms with Crippen molar-refractivity contribution in [2.45, 2.75) is 40.8 Å². The predicted octanol–water partition coefficient (Wildman–Crippen LogP) is 2.70. The van der Waals surface area contributed by atoms with Gasteiger partial charge in [-0.05, 0) is 18.6 Å². The highest BCUT2D eigenvalue weighted by molar-refractivity contribution is 5.75. The minimum Gasteiger partial charge on any atom is -0.265 e. The molecule has 1 unspecified atom stereocenters. The predicted molar refractivity (Wildman–Crippen MR) is 63.9 cm³/mol. The summed E-state index contributed by atoms with van der Waals surface area (Å²) < 4.78 is 0. The van der Waals surface area contributed by atoms with Gasteiger partial charge in [-0.25, -0.2) is 0 Å². The molecule has 0 bridgehead atoms. The largest absolute Gasteiger partial charge is 0.265 e. The first-order chi connectivity index (χ1) is 6.88. The Bertz CT molecular complexity index is 229. The van der Waals surface area contributed by atoms with Gasteiger partial charge in [0, 0.05) is 12.4 Å². The Labute approximate surface area is 87.2 Å². The lowest BCUT2D eigenvalue weighted by Gasteiger charge is -2.22. The van der Waals surface area contributed by atoms with E-state index in [1.54, 1.807) is 0 Å². The summed E-state index contributed by atoms with van der Waals surface area (Å²) in [6.07, 6.45) is 5.93. The third kappa shape index (κ3) is 2.98. The summed E-state index contributed by atoms with van der Waals surface area (Å²) in [4.78, 5) is 4.26. The number of allylic oxidation sites excluding steroid dienone is 1. The molecular weight excluding hydrogens is 174 g/mol. The number of hydrazone groups is 1. The van der Waals surface area contributed by atoms with Crippen molar-refractivity contribution in [2.24, 2.45) is 10.1 Å². The van der Waals surface area contributed by atoms with Crippen LogP contribution in [-0.4, -0.2) is 30.1 Å². The van der Waals surface area contributed by atoms with Crippen LogP contribution >= 0.6 is 0 Å². The zero-order valence-corrected chi connectivity index (χ0v) is 9.86. The van der Waals surface area contributed by atoms with Crippen LogP contribution < -0.4 is 0 Å². The second-order valence-electron chi connectivity index (χ2n) is 2.50. The molecule has 0 spiro atoms. The molecule has 0 aromatic carbocycles. The van der Waals surface area contributed by atoms with E-state index in [2.05, 4.69) is 17.0 Å². The minimum atomic E-state index is 0.199. The molecule has 0 radical (unpaired) electrons. The molecular formula is C11H21N3. The van der Waals surface area contributed by atoms with Crippen LogP contribution in [0.4, 0.5) is 0 Å². The Hall–Kier alpha value is -1.12. The van der Waals surface area contributed by atoms with Crippen LogP contribution in [-0.2, 0) is 0 Å². The van der Waals surface area contributed by atoms with Crippen LogP contribution in [0, 0.1) is 0 Å². The number of hydrogen-bond acceptors (Lipinski definition) is 3. The highest BCUT2D eigenvalue weighted by Crippen LogP contribution is 2.17. The smallest absolute Gasteiger partial charge is 0.158 e. The molecule has 80 valence electrons. The van der Waals surface area contributed by atoms with Crippen molar-refractivity contribution in [3.8, 4) is 0 Å². The number of aliphatic imine (C=N–C) groups is 1. The van der Waals surface area contributed by atoms with E-state index in [0.29, 0.717) is 0 Å². The number of rotatable bonds is 0. The fraction of sp³-hybridized carbons (Fsp3) is 0.636. The Morgan fingerprint density at radius 3 is 2.50 bits per heavy atom. The molecule has 3 heteroatoms. The summed E-state index contributed by atoms with van der Waals surface area (Å²) in [7, 11) is 0. The van der Waals surface area contributed by atoms with Gasteiger partial charge in [0.1, 0.15) is 0 Å². The Balaban J connectivity index is 0.000000379. The van der Waals surface area contributed by atoms with Crippen LogP contribution in [0.2, 0.25) is 0 Å². The lowest BCUT2D eigenvalue weighted by molar-refractivity contribution is 0.292. The van der Waals surface area contributed by atoms with E-state index in [4.69, 9.17) is 0 Å². The van der Waals surface area contributed by atoms with Gasteiger partial charge in [-0.3, -0.25) is 10.0 Å². The highest BCUT2D eigenvalue weighted by Gasteiger charge is 2.21. The third-order valence-corrected chi connectivity index (χ3v) is 1.76. The van der Waals surface area contributed by atoms with Gasteiger partial charge in [-0.15, -0.1) is 0 Å². The molecule has 0 aliphatic carbocycles. The van der Waals surface area contributed by atoms with Gasteiger partial charge < -0.3 is 0 Å². The SMILES string of the molecule is CC.CC.CC1=CC=NN2CC=NC12. The van der Waals surface area contributed by atoms with E-state index in [0.717, 1.165) is 6.54 Å². The van der Waals surface area contributed by atoms with E-state index in [9.17, 15) is 0 Å². The fourth-order valence-corrected chi connectivity index (χ4v) is 1.19. The zero-order valence-electron chi connectivity index (χ0n) is 9.86. The first-order valence-electron chi connectivity index (χ1n) is 5.37. The molecule has 0 aromatic rings. The summed E-state index contributed by atoms with van der Waals surface area (Å²) >= 11 is 0. The first-order valence-corrected chi connectivity index (χ1v) is 5.37. The molecule has 3 nitrogen and oxygen atoms in total. The quantitative estimate of drug-likeness (QED) is 0.584. The molecule has 2 rings (SSSR count). The minimum absolute atomic E-state index is 0.199. The highest BCUT2D eigenvalue weighted by atomic mass is 15.5. The average molecular weight is 195 g/mol. The molecule has 0 amide bonds. The van der Waals surface area contributed by atoms with Gasteiger partial charge in [0.25, 0.3) is 0 Å². The van der Waals surface area contributed by atoms with E-state index in [1.165, 1.54) is 5.57 Å². The van der Waals surface area contributed by atoms with E-state index >= 15 is 0 Å². The van der Waals surface area contributed by atoms with Crippen LogP contribution in [0.3, 0.4) is 0 Å². The lowest BCUT2D eigenvalue weighted by atomic mass is 10.2. The molecule has 0 fully saturated rings. The Morgan fingerprint density at radius 2 is 1.93 bits per heavy atom. The van der Waals surface area contributed by atoms with E-state index in [1.807, 2.05) is 51.2 Å². The number of hydrogen-bond donors (Lipinski definition) is 0. The monoisotopic (exact) mass is 195 g/mol. The van der Waals surface area contributed by atoms with Crippen molar-refractivity contribution in [3.63, 3.8) is 0 Å². The molecule has 2 aliphatic heterocycles. The van der Waals surface area contributed by atoms with Crippen molar-refractivity contribution in [1.29, 1.82) is 0 Å². The second-order valence-corrected chi connectivity index (χ2v) is 2.50. The maximum atomic E-state index is 4.26. The van der Waals surface area contributed by atoms with Crippen molar-refractivity contribution in [1.82, 2.24) is 5.01 Å². The zero-order chi connectivity index (χ0) is 11.0. The van der Waals surface area contributed by atoms with Crippen molar-refractivity contribution in [3.05, 3.63) is 11.6 Å². The Morgan fingerprint density at radius 1 is 1.29 bits per heavy atom. The molecule has 2 aliphatic rings. The first kappa shape index (κ1) is 12.9. The molecule has 0 aromatic heterocycles. The lowest BCUT2D eigenvalue weighted by Crippen LogP contribution is -2.28. The number of nitrogens with zero attached hydrogens (tertiary/aromatic N) is 3. The maximum absolute atomic E-state index is 4.26. The summed E-state index contributed by atoms with van der Waals surface area (Å²) in [5.74, 6) is 0. The molecule has 14 heavy (non-hydrogen) atoms. The maximum Gasteiger partial charge on any atom is 0.158 e. The molecule has 0 N–H and O–H groups in total. The van der Waals surface area contributed by atoms with Crippen LogP contribution in [0.25, 0.3) is 0 Å². The summed E-state index contributed by atoms with van der Waals surface area (Å²) in [6.45, 7) is 10.9. The van der Waals surface area contributed by atoms with Gasteiger partial charge in [0.15, 0.2) is 6.17 Å². The van der Waals surface area contributed by atoms with E-state index < -0.39 is 0 Å². The van der Waals surface area contributed by atoms with Crippen molar-refractivity contribution >= 4 is 12.4 Å². The van der Waals surface area contributed by atoms with Gasteiger partial charge >= 0.3 is 0 Å². The molecule has 2 heterocycles. The summed E-state index contributed by atoms with van der Waals surface area (Å²) in [6, 6.07) is 0. The summed E-state index contributed by atoms with van der Waals surface area (Å²) in [5, 5.41) is 6.12. The second kappa shape index (κ2) is 7.30. The molecule has 0 saturated heterocycles. The standard InChI is InChI=1S/C7H9N3.2C2H6/c1-6-2-3-9-10-5-4-8-7(6)10;2*1-2/h2-4,7H,5H2,1H3;2*1-2H3. The van der Waals surface area contributed by atoms with Crippen LogP contribution in [0.1, 0.15) is 34.6 Å².